The lowest BCUT2D eigenvalue weighted by Gasteiger charge is -2.17. The van der Waals surface area contributed by atoms with Crippen LogP contribution in [-0.2, 0) is 14.3 Å². The first-order valence-corrected chi connectivity index (χ1v) is 9.42. The van der Waals surface area contributed by atoms with Gasteiger partial charge in [0.15, 0.2) is 23.3 Å². The summed E-state index contributed by atoms with van der Waals surface area (Å²) in [6, 6.07) is 5.07. The van der Waals surface area contributed by atoms with Gasteiger partial charge in [0.25, 0.3) is 0 Å². The highest BCUT2D eigenvalue weighted by atomic mass is 32.1. The van der Waals surface area contributed by atoms with Crippen molar-refractivity contribution in [2.24, 2.45) is 0 Å². The van der Waals surface area contributed by atoms with Crippen molar-refractivity contribution in [2.75, 3.05) is 14.2 Å². The van der Waals surface area contributed by atoms with Crippen molar-refractivity contribution in [1.82, 2.24) is 5.32 Å². The zero-order valence-electron chi connectivity index (χ0n) is 16.2. The Labute approximate surface area is 167 Å². The van der Waals surface area contributed by atoms with Gasteiger partial charge >= 0.3 is 5.97 Å². The summed E-state index contributed by atoms with van der Waals surface area (Å²) in [5.41, 5.74) is 0.967. The van der Waals surface area contributed by atoms with Gasteiger partial charge in [0.05, 0.1) is 14.2 Å². The summed E-state index contributed by atoms with van der Waals surface area (Å²) < 4.78 is 9.72. The molecule has 0 bridgehead atoms. The lowest BCUT2D eigenvalue weighted by atomic mass is 10.0. The Balaban J connectivity index is 2.07. The van der Waals surface area contributed by atoms with Crippen LogP contribution in [0.3, 0.4) is 0 Å². The predicted molar refractivity (Wildman–Crippen MR) is 105 cm³/mol. The molecule has 1 heterocycles. The number of phenolic OH excluding ortho intramolecular Hbond substituents is 1. The number of hydrogen-bond acceptors (Lipinski definition) is 7. The van der Waals surface area contributed by atoms with Crippen LogP contribution in [0.1, 0.15) is 44.6 Å². The van der Waals surface area contributed by atoms with Crippen molar-refractivity contribution in [3.8, 4) is 11.5 Å². The molecule has 1 aromatic heterocycles. The second kappa shape index (κ2) is 9.36. The van der Waals surface area contributed by atoms with Crippen molar-refractivity contribution < 1.29 is 29.0 Å². The average molecular weight is 405 g/mol. The number of carbonyl (C=O) groups is 3. The van der Waals surface area contributed by atoms with Gasteiger partial charge in [0, 0.05) is 28.2 Å². The number of methoxy groups -OCH3 is 2. The maximum atomic E-state index is 12.3. The molecule has 8 heteroatoms. The number of esters is 1. The first kappa shape index (κ1) is 21.4. The first-order chi connectivity index (χ1) is 13.3. The van der Waals surface area contributed by atoms with Crippen LogP contribution in [0.4, 0.5) is 0 Å². The SMILES string of the molecule is COC(=O)C(NC(=O)CCC(=O)c1cc(C)sc1C)c1ccc(OC)c(O)c1. The topological polar surface area (TPSA) is 102 Å². The fourth-order valence-corrected chi connectivity index (χ4v) is 3.73. The quantitative estimate of drug-likeness (QED) is 0.517. The monoisotopic (exact) mass is 405 g/mol. The molecule has 0 saturated heterocycles. The number of hydrogen-bond donors (Lipinski definition) is 2. The largest absolute Gasteiger partial charge is 0.504 e. The third-order valence-corrected chi connectivity index (χ3v) is 5.16. The maximum absolute atomic E-state index is 12.3. The number of phenols is 1. The van der Waals surface area contributed by atoms with Crippen LogP contribution in [0, 0.1) is 13.8 Å². The minimum absolute atomic E-state index is 0.0323. The minimum atomic E-state index is -1.10. The van der Waals surface area contributed by atoms with Crippen LogP contribution < -0.4 is 10.1 Å². The molecular weight excluding hydrogens is 382 g/mol. The fourth-order valence-electron chi connectivity index (χ4n) is 2.79. The van der Waals surface area contributed by atoms with Crippen LogP contribution in [0.15, 0.2) is 24.3 Å². The third-order valence-electron chi connectivity index (χ3n) is 4.20. The van der Waals surface area contributed by atoms with Gasteiger partial charge in [-0.05, 0) is 37.6 Å². The van der Waals surface area contributed by atoms with E-state index in [-0.39, 0.29) is 30.1 Å². The molecule has 0 radical (unpaired) electrons. The predicted octanol–water partition coefficient (Wildman–Crippen LogP) is 3.07. The summed E-state index contributed by atoms with van der Waals surface area (Å²) in [5.74, 6) is -1.20. The Morgan fingerprint density at radius 1 is 1.14 bits per heavy atom. The molecule has 0 spiro atoms. The lowest BCUT2D eigenvalue weighted by Crippen LogP contribution is -2.34. The molecular formula is C20H23NO6S. The molecule has 0 aliphatic carbocycles. The van der Waals surface area contributed by atoms with Gasteiger partial charge in [0.1, 0.15) is 0 Å². The lowest BCUT2D eigenvalue weighted by molar-refractivity contribution is -0.145. The Kier molecular flexibility index (Phi) is 7.17. The van der Waals surface area contributed by atoms with E-state index in [1.165, 1.54) is 37.7 Å². The third kappa shape index (κ3) is 5.10. The minimum Gasteiger partial charge on any atom is -0.504 e. The number of rotatable bonds is 8. The molecule has 0 aliphatic rings. The summed E-state index contributed by atoms with van der Waals surface area (Å²) in [7, 11) is 2.61. The zero-order chi connectivity index (χ0) is 20.8. The van der Waals surface area contributed by atoms with Gasteiger partial charge in [0.2, 0.25) is 5.91 Å². The Morgan fingerprint density at radius 2 is 1.86 bits per heavy atom. The van der Waals surface area contributed by atoms with E-state index in [1.807, 2.05) is 19.9 Å². The smallest absolute Gasteiger partial charge is 0.333 e. The highest BCUT2D eigenvalue weighted by molar-refractivity contribution is 7.12. The molecule has 2 rings (SSSR count). The number of nitrogens with one attached hydrogen (secondary N) is 1. The number of amides is 1. The molecule has 1 unspecified atom stereocenters. The Bertz CT molecular complexity index is 889. The molecule has 0 saturated carbocycles. The first-order valence-electron chi connectivity index (χ1n) is 8.61. The van der Waals surface area contributed by atoms with Gasteiger partial charge in [-0.1, -0.05) is 6.07 Å². The van der Waals surface area contributed by atoms with E-state index in [9.17, 15) is 19.5 Å². The summed E-state index contributed by atoms with van der Waals surface area (Å²) >= 11 is 1.53. The molecule has 150 valence electrons. The number of thiophene rings is 1. The van der Waals surface area contributed by atoms with E-state index in [2.05, 4.69) is 5.32 Å². The van der Waals surface area contributed by atoms with Crippen molar-refractivity contribution in [2.45, 2.75) is 32.7 Å². The van der Waals surface area contributed by atoms with E-state index in [1.54, 1.807) is 6.07 Å². The summed E-state index contributed by atoms with van der Waals surface area (Å²) in [6.45, 7) is 3.79. The van der Waals surface area contributed by atoms with Crippen molar-refractivity contribution in [1.29, 1.82) is 0 Å². The molecule has 0 fully saturated rings. The van der Waals surface area contributed by atoms with E-state index in [4.69, 9.17) is 9.47 Å². The Morgan fingerprint density at radius 3 is 2.39 bits per heavy atom. The van der Waals surface area contributed by atoms with Crippen LogP contribution in [0.25, 0.3) is 0 Å². The Hall–Kier alpha value is -2.87. The fraction of sp³-hybridized carbons (Fsp3) is 0.350. The molecule has 28 heavy (non-hydrogen) atoms. The van der Waals surface area contributed by atoms with Crippen molar-refractivity contribution in [3.05, 3.63) is 45.1 Å². The van der Waals surface area contributed by atoms with Gasteiger partial charge in [-0.15, -0.1) is 11.3 Å². The van der Waals surface area contributed by atoms with Gasteiger partial charge in [-0.3, -0.25) is 9.59 Å². The molecule has 7 nitrogen and oxygen atoms in total. The number of Topliss-reactive ketones (excluding diaryl/α,β-unsaturated/α-hetero) is 1. The summed E-state index contributed by atoms with van der Waals surface area (Å²) in [5, 5.41) is 12.5. The van der Waals surface area contributed by atoms with Crippen LogP contribution in [-0.4, -0.2) is 37.0 Å². The molecule has 2 aromatic rings. The average Bonchev–Trinajstić information content (AvgIpc) is 3.01. The van der Waals surface area contributed by atoms with E-state index in [0.717, 1.165) is 9.75 Å². The zero-order valence-corrected chi connectivity index (χ0v) is 17.0. The van der Waals surface area contributed by atoms with Crippen molar-refractivity contribution in [3.63, 3.8) is 0 Å². The number of carbonyl (C=O) groups excluding carboxylic acids is 3. The normalized spacial score (nSPS) is 11.6. The number of ketones is 1. The van der Waals surface area contributed by atoms with Crippen molar-refractivity contribution >= 4 is 29.0 Å². The highest BCUT2D eigenvalue weighted by Crippen LogP contribution is 2.29. The van der Waals surface area contributed by atoms with Crippen LogP contribution in [0.2, 0.25) is 0 Å². The summed E-state index contributed by atoms with van der Waals surface area (Å²) in [6.07, 6.45) is -0.0343. The molecule has 1 amide bonds. The van der Waals surface area contributed by atoms with E-state index in [0.29, 0.717) is 11.1 Å². The molecule has 0 aliphatic heterocycles. The maximum Gasteiger partial charge on any atom is 0.333 e. The van der Waals surface area contributed by atoms with Gasteiger partial charge < -0.3 is 19.9 Å². The number of benzene rings is 1. The molecule has 2 N–H and O–H groups in total. The second-order valence-electron chi connectivity index (χ2n) is 6.21. The van der Waals surface area contributed by atoms with Gasteiger partial charge in [-0.25, -0.2) is 4.79 Å². The van der Waals surface area contributed by atoms with Gasteiger partial charge in [-0.2, -0.15) is 0 Å². The number of aryl methyl sites for hydroxylation is 2. The van der Waals surface area contributed by atoms with Crippen LogP contribution >= 0.6 is 11.3 Å². The molecule has 1 atom stereocenters. The van der Waals surface area contributed by atoms with E-state index >= 15 is 0 Å². The standard InChI is InChI=1S/C20H23NO6S/c1-11-9-14(12(2)28-11)15(22)6-8-18(24)21-19(20(25)27-4)13-5-7-17(26-3)16(23)10-13/h5,7,9-10,19,23H,6,8H2,1-4H3,(H,21,24). The highest BCUT2D eigenvalue weighted by Gasteiger charge is 2.25. The molecule has 1 aromatic carbocycles. The number of aromatic hydroxyl groups is 1. The van der Waals surface area contributed by atoms with Crippen LogP contribution in [0.5, 0.6) is 11.5 Å². The van der Waals surface area contributed by atoms with E-state index < -0.39 is 17.9 Å². The number of ether oxygens (including phenoxy) is 2. The summed E-state index contributed by atoms with van der Waals surface area (Å²) in [4.78, 5) is 38.7. The second-order valence-corrected chi connectivity index (χ2v) is 7.67.